The molecule has 22 heavy (non-hydrogen) atoms. The summed E-state index contributed by atoms with van der Waals surface area (Å²) in [5, 5.41) is 1.73. The molecule has 0 bridgehead atoms. The third-order valence-electron chi connectivity index (χ3n) is 4.30. The highest BCUT2D eigenvalue weighted by atomic mass is 16.8. The second kappa shape index (κ2) is 5.55. The average molecular weight is 295 g/mol. The molecule has 0 aliphatic carbocycles. The van der Waals surface area contributed by atoms with Gasteiger partial charge in [-0.2, -0.15) is 0 Å². The third kappa shape index (κ3) is 2.21. The smallest absolute Gasteiger partial charge is 0.189 e. The number of hydroxylamine groups is 1. The van der Waals surface area contributed by atoms with E-state index >= 15 is 0 Å². The maximum Gasteiger partial charge on any atom is 0.189 e. The summed E-state index contributed by atoms with van der Waals surface area (Å²) in [4.78, 5) is 18.9. The number of carbonyl (C=O) groups is 1. The van der Waals surface area contributed by atoms with E-state index < -0.39 is 0 Å². The molecule has 0 N–H and O–H groups in total. The standard InChI is InChI=1S/C18H17NO3/c20-17(13-7-3-1-4-8-13)16-15-11-12-21-18(15)22-19(16)14-9-5-2-6-10-14/h1-10,15-16,18H,11-12H2/t15-,16+,18+/m1/s1. The Morgan fingerprint density at radius 2 is 1.68 bits per heavy atom. The molecule has 2 aromatic rings. The van der Waals surface area contributed by atoms with Gasteiger partial charge in [0, 0.05) is 11.5 Å². The summed E-state index contributed by atoms with van der Waals surface area (Å²) in [5.41, 5.74) is 1.60. The van der Waals surface area contributed by atoms with Crippen molar-refractivity contribution in [2.24, 2.45) is 5.92 Å². The van der Waals surface area contributed by atoms with Gasteiger partial charge in [0.15, 0.2) is 12.1 Å². The summed E-state index contributed by atoms with van der Waals surface area (Å²) in [6, 6.07) is 18.8. The van der Waals surface area contributed by atoms with Crippen LogP contribution in [0.4, 0.5) is 5.69 Å². The lowest BCUT2D eigenvalue weighted by Gasteiger charge is -2.25. The Balaban J connectivity index is 1.71. The minimum Gasteiger partial charge on any atom is -0.350 e. The van der Waals surface area contributed by atoms with E-state index in [-0.39, 0.29) is 24.0 Å². The second-order valence-corrected chi connectivity index (χ2v) is 5.63. The number of ketones is 1. The third-order valence-corrected chi connectivity index (χ3v) is 4.30. The molecule has 2 aliphatic rings. The van der Waals surface area contributed by atoms with Crippen LogP contribution in [0, 0.1) is 5.92 Å². The maximum atomic E-state index is 13.0. The van der Waals surface area contributed by atoms with Crippen LogP contribution in [-0.2, 0) is 9.57 Å². The normalized spacial score (nSPS) is 26.9. The first-order valence-electron chi connectivity index (χ1n) is 7.56. The molecule has 2 fully saturated rings. The van der Waals surface area contributed by atoms with Crippen molar-refractivity contribution in [2.45, 2.75) is 18.8 Å². The highest BCUT2D eigenvalue weighted by Gasteiger charge is 2.50. The van der Waals surface area contributed by atoms with Gasteiger partial charge in [0.05, 0.1) is 12.3 Å². The molecule has 112 valence electrons. The number of nitrogens with zero attached hydrogens (tertiary/aromatic N) is 1. The van der Waals surface area contributed by atoms with Gasteiger partial charge in [0.25, 0.3) is 0 Å². The first kappa shape index (κ1) is 13.5. The summed E-state index contributed by atoms with van der Waals surface area (Å²) in [6.07, 6.45) is 0.523. The number of benzene rings is 2. The molecule has 0 spiro atoms. The van der Waals surface area contributed by atoms with Crippen molar-refractivity contribution in [2.75, 3.05) is 11.7 Å². The van der Waals surface area contributed by atoms with E-state index in [0.717, 1.165) is 12.1 Å². The maximum absolute atomic E-state index is 13.0. The van der Waals surface area contributed by atoms with Crippen molar-refractivity contribution in [1.82, 2.24) is 0 Å². The van der Waals surface area contributed by atoms with Crippen molar-refractivity contribution in [3.05, 3.63) is 66.2 Å². The van der Waals surface area contributed by atoms with Gasteiger partial charge in [-0.15, -0.1) is 0 Å². The Morgan fingerprint density at radius 3 is 2.41 bits per heavy atom. The second-order valence-electron chi connectivity index (χ2n) is 5.63. The molecule has 0 saturated carbocycles. The number of ether oxygens (including phenoxy) is 1. The highest BCUT2D eigenvalue weighted by molar-refractivity contribution is 6.02. The number of fused-ring (bicyclic) bond motifs is 1. The number of anilines is 1. The first-order valence-corrected chi connectivity index (χ1v) is 7.56. The van der Waals surface area contributed by atoms with E-state index in [1.165, 1.54) is 0 Å². The number of Topliss-reactive ketones (excluding diaryl/α,β-unsaturated/α-hetero) is 1. The minimum absolute atomic E-state index is 0.0768. The van der Waals surface area contributed by atoms with Crippen molar-refractivity contribution in [3.8, 4) is 0 Å². The van der Waals surface area contributed by atoms with E-state index in [4.69, 9.17) is 9.57 Å². The lowest BCUT2D eigenvalue weighted by atomic mass is 9.91. The van der Waals surface area contributed by atoms with Crippen LogP contribution >= 0.6 is 0 Å². The van der Waals surface area contributed by atoms with Crippen LogP contribution in [0.1, 0.15) is 16.8 Å². The molecule has 0 amide bonds. The van der Waals surface area contributed by atoms with Gasteiger partial charge in [-0.25, -0.2) is 9.90 Å². The van der Waals surface area contributed by atoms with Crippen molar-refractivity contribution < 1.29 is 14.4 Å². The number of hydrogen-bond donors (Lipinski definition) is 0. The number of rotatable bonds is 3. The Morgan fingerprint density at radius 1 is 1.00 bits per heavy atom. The molecule has 0 unspecified atom stereocenters. The number of para-hydroxylation sites is 1. The summed E-state index contributed by atoms with van der Waals surface area (Å²) >= 11 is 0. The van der Waals surface area contributed by atoms with Crippen LogP contribution in [0.25, 0.3) is 0 Å². The molecule has 0 radical (unpaired) electrons. The van der Waals surface area contributed by atoms with Gasteiger partial charge >= 0.3 is 0 Å². The molecule has 3 atom stereocenters. The summed E-state index contributed by atoms with van der Waals surface area (Å²) in [5.74, 6) is 0.162. The van der Waals surface area contributed by atoms with Gasteiger partial charge in [0.1, 0.15) is 6.04 Å². The van der Waals surface area contributed by atoms with Crippen LogP contribution in [0.3, 0.4) is 0 Å². The predicted octanol–water partition coefficient (Wildman–Crippen LogP) is 3.05. The summed E-state index contributed by atoms with van der Waals surface area (Å²) < 4.78 is 5.63. The largest absolute Gasteiger partial charge is 0.350 e. The molecular weight excluding hydrogens is 278 g/mol. The number of hydrogen-bond acceptors (Lipinski definition) is 4. The molecule has 4 rings (SSSR count). The fraction of sp³-hybridized carbons (Fsp3) is 0.278. The fourth-order valence-corrected chi connectivity index (χ4v) is 3.22. The Kier molecular flexibility index (Phi) is 3.41. The van der Waals surface area contributed by atoms with Crippen molar-refractivity contribution in [1.29, 1.82) is 0 Å². The van der Waals surface area contributed by atoms with Crippen LogP contribution < -0.4 is 5.06 Å². The molecule has 4 nitrogen and oxygen atoms in total. The SMILES string of the molecule is O=C(c1ccccc1)[C@@H]1[C@H]2CCO[C@H]2ON1c1ccccc1. The van der Waals surface area contributed by atoms with E-state index in [1.54, 1.807) is 5.06 Å². The Labute approximate surface area is 129 Å². The van der Waals surface area contributed by atoms with E-state index in [9.17, 15) is 4.79 Å². The van der Waals surface area contributed by atoms with E-state index in [2.05, 4.69) is 0 Å². The summed E-state index contributed by atoms with van der Waals surface area (Å²) in [6.45, 7) is 0.649. The van der Waals surface area contributed by atoms with Gasteiger partial charge in [0.2, 0.25) is 0 Å². The minimum atomic E-state index is -0.336. The molecule has 2 heterocycles. The topological polar surface area (TPSA) is 38.8 Å². The van der Waals surface area contributed by atoms with Gasteiger partial charge in [-0.05, 0) is 18.6 Å². The average Bonchev–Trinajstić information content (AvgIpc) is 3.16. The van der Waals surface area contributed by atoms with Crippen molar-refractivity contribution in [3.63, 3.8) is 0 Å². The fourth-order valence-electron chi connectivity index (χ4n) is 3.22. The van der Waals surface area contributed by atoms with Gasteiger partial charge in [-0.1, -0.05) is 48.5 Å². The lowest BCUT2D eigenvalue weighted by Crippen LogP contribution is -2.39. The zero-order valence-electron chi connectivity index (χ0n) is 12.1. The predicted molar refractivity (Wildman–Crippen MR) is 82.4 cm³/mol. The molecule has 2 saturated heterocycles. The molecular formula is C18H17NO3. The number of carbonyl (C=O) groups excluding carboxylic acids is 1. The quantitative estimate of drug-likeness (QED) is 0.816. The van der Waals surface area contributed by atoms with Gasteiger partial charge in [-0.3, -0.25) is 4.79 Å². The van der Waals surface area contributed by atoms with Crippen LogP contribution in [-0.4, -0.2) is 24.7 Å². The zero-order valence-corrected chi connectivity index (χ0v) is 12.1. The first-order chi connectivity index (χ1) is 10.8. The van der Waals surface area contributed by atoms with Crippen molar-refractivity contribution >= 4 is 11.5 Å². The summed E-state index contributed by atoms with van der Waals surface area (Å²) in [7, 11) is 0. The molecule has 2 aliphatic heterocycles. The molecule has 2 aromatic carbocycles. The van der Waals surface area contributed by atoms with Gasteiger partial charge < -0.3 is 4.74 Å². The van der Waals surface area contributed by atoms with E-state index in [1.807, 2.05) is 60.7 Å². The molecule has 0 aromatic heterocycles. The van der Waals surface area contributed by atoms with Crippen LogP contribution in [0.15, 0.2) is 60.7 Å². The Hall–Kier alpha value is -2.17. The monoisotopic (exact) mass is 295 g/mol. The Bertz CT molecular complexity index is 659. The van der Waals surface area contributed by atoms with Crippen LogP contribution in [0.2, 0.25) is 0 Å². The molecule has 4 heteroatoms. The highest BCUT2D eigenvalue weighted by Crippen LogP contribution is 2.39. The van der Waals surface area contributed by atoms with E-state index in [0.29, 0.717) is 12.2 Å². The zero-order chi connectivity index (χ0) is 14.9. The van der Waals surface area contributed by atoms with Crippen LogP contribution in [0.5, 0.6) is 0 Å². The lowest BCUT2D eigenvalue weighted by molar-refractivity contribution is -0.0999.